The third kappa shape index (κ3) is 4.19. The van der Waals surface area contributed by atoms with Gasteiger partial charge in [0.15, 0.2) is 0 Å². The third-order valence-corrected chi connectivity index (χ3v) is 6.67. The molecule has 0 radical (unpaired) electrons. The number of methoxy groups -OCH3 is 1. The maximum Gasteiger partial charge on any atom is 0.337 e. The molecule has 2 aromatic carbocycles. The highest BCUT2D eigenvalue weighted by atomic mass is 35.5. The number of ether oxygens (including phenoxy) is 1. The molecule has 148 valence electrons. The van der Waals surface area contributed by atoms with Crippen LogP contribution in [0.5, 0.6) is 0 Å². The van der Waals surface area contributed by atoms with E-state index in [0.29, 0.717) is 29.1 Å². The molecular weight excluding hydrogens is 404 g/mol. The second-order valence-corrected chi connectivity index (χ2v) is 8.61. The SMILES string of the molecule is COC(=O)c1ccc(NC(=O)[C@H]2CCCN2S(=O)(=O)c2ccc(Cl)cc2)cc1. The van der Waals surface area contributed by atoms with Crippen LogP contribution in [0.2, 0.25) is 5.02 Å². The van der Waals surface area contributed by atoms with Crippen LogP contribution in [-0.4, -0.2) is 44.3 Å². The Balaban J connectivity index is 1.76. The van der Waals surface area contributed by atoms with Crippen LogP contribution < -0.4 is 5.32 Å². The highest BCUT2D eigenvalue weighted by molar-refractivity contribution is 7.89. The maximum atomic E-state index is 12.9. The van der Waals surface area contributed by atoms with E-state index in [-0.39, 0.29) is 11.4 Å². The first-order chi connectivity index (χ1) is 13.3. The number of amides is 1. The van der Waals surface area contributed by atoms with Crippen molar-refractivity contribution in [3.63, 3.8) is 0 Å². The highest BCUT2D eigenvalue weighted by Gasteiger charge is 2.39. The summed E-state index contributed by atoms with van der Waals surface area (Å²) in [4.78, 5) is 24.3. The average molecular weight is 423 g/mol. The molecule has 1 heterocycles. The van der Waals surface area contributed by atoms with Gasteiger partial charge in [-0.25, -0.2) is 13.2 Å². The van der Waals surface area contributed by atoms with Gasteiger partial charge in [-0.05, 0) is 61.4 Å². The molecule has 1 amide bonds. The van der Waals surface area contributed by atoms with Crippen molar-refractivity contribution in [3.05, 3.63) is 59.1 Å². The molecule has 1 aliphatic rings. The Morgan fingerprint density at radius 2 is 1.75 bits per heavy atom. The normalized spacial score (nSPS) is 17.3. The number of anilines is 1. The Labute approximate surface area is 168 Å². The van der Waals surface area contributed by atoms with Gasteiger partial charge in [0.05, 0.1) is 17.6 Å². The highest BCUT2D eigenvalue weighted by Crippen LogP contribution is 2.27. The molecule has 0 bridgehead atoms. The monoisotopic (exact) mass is 422 g/mol. The summed E-state index contributed by atoms with van der Waals surface area (Å²) in [7, 11) is -2.53. The zero-order valence-electron chi connectivity index (χ0n) is 15.1. The number of sulfonamides is 1. The average Bonchev–Trinajstić information content (AvgIpc) is 3.19. The van der Waals surface area contributed by atoms with Crippen molar-refractivity contribution in [3.8, 4) is 0 Å². The van der Waals surface area contributed by atoms with E-state index < -0.39 is 27.9 Å². The maximum absolute atomic E-state index is 12.9. The molecule has 0 aromatic heterocycles. The van der Waals surface area contributed by atoms with Crippen molar-refractivity contribution >= 4 is 39.2 Å². The van der Waals surface area contributed by atoms with Crippen LogP contribution in [0.15, 0.2) is 53.4 Å². The Morgan fingerprint density at radius 1 is 1.11 bits per heavy atom. The Kier molecular flexibility index (Phi) is 6.02. The zero-order chi connectivity index (χ0) is 20.3. The van der Waals surface area contributed by atoms with Crippen LogP contribution in [0.3, 0.4) is 0 Å². The molecule has 2 aromatic rings. The number of halogens is 1. The van der Waals surface area contributed by atoms with E-state index >= 15 is 0 Å². The number of esters is 1. The van der Waals surface area contributed by atoms with Crippen molar-refractivity contribution < 1.29 is 22.7 Å². The second-order valence-electron chi connectivity index (χ2n) is 6.29. The summed E-state index contributed by atoms with van der Waals surface area (Å²) in [5, 5.41) is 3.15. The molecule has 7 nitrogen and oxygen atoms in total. The zero-order valence-corrected chi connectivity index (χ0v) is 16.7. The van der Waals surface area contributed by atoms with Gasteiger partial charge in [-0.1, -0.05) is 11.6 Å². The first-order valence-electron chi connectivity index (χ1n) is 8.59. The van der Waals surface area contributed by atoms with E-state index in [4.69, 9.17) is 11.6 Å². The number of nitrogens with zero attached hydrogens (tertiary/aromatic N) is 1. The van der Waals surface area contributed by atoms with Gasteiger partial charge in [0.1, 0.15) is 6.04 Å². The van der Waals surface area contributed by atoms with Gasteiger partial charge in [-0.2, -0.15) is 4.31 Å². The molecular formula is C19H19ClN2O5S. The summed E-state index contributed by atoms with van der Waals surface area (Å²) in [6.45, 7) is 0.268. The topological polar surface area (TPSA) is 92.8 Å². The minimum absolute atomic E-state index is 0.0963. The first-order valence-corrected chi connectivity index (χ1v) is 10.4. The van der Waals surface area contributed by atoms with Gasteiger partial charge in [0, 0.05) is 17.3 Å². The summed E-state index contributed by atoms with van der Waals surface area (Å²) >= 11 is 5.83. The summed E-state index contributed by atoms with van der Waals surface area (Å²) in [5.41, 5.74) is 0.821. The van der Waals surface area contributed by atoms with E-state index in [0.717, 1.165) is 0 Å². The van der Waals surface area contributed by atoms with Crippen LogP contribution in [0, 0.1) is 0 Å². The predicted molar refractivity (Wildman–Crippen MR) is 105 cm³/mol. The van der Waals surface area contributed by atoms with Gasteiger partial charge < -0.3 is 10.1 Å². The van der Waals surface area contributed by atoms with E-state index in [1.165, 1.54) is 47.8 Å². The van der Waals surface area contributed by atoms with Crippen LogP contribution in [0.4, 0.5) is 5.69 Å². The number of carbonyl (C=O) groups is 2. The fourth-order valence-corrected chi connectivity index (χ4v) is 4.85. The standard InChI is InChI=1S/C19H19ClN2O5S/c1-27-19(24)13-4-8-15(9-5-13)21-18(23)17-3-2-12-22(17)28(25,26)16-10-6-14(20)7-11-16/h4-11,17H,2-3,12H2,1H3,(H,21,23)/t17-/m1/s1. The smallest absolute Gasteiger partial charge is 0.337 e. The Hall–Kier alpha value is -2.42. The summed E-state index contributed by atoms with van der Waals surface area (Å²) in [5.74, 6) is -0.894. The van der Waals surface area contributed by atoms with Crippen LogP contribution >= 0.6 is 11.6 Å². The molecule has 1 N–H and O–H groups in total. The van der Waals surface area contributed by atoms with Crippen LogP contribution in [-0.2, 0) is 19.6 Å². The summed E-state index contributed by atoms with van der Waals surface area (Å²) < 4.78 is 31.7. The quantitative estimate of drug-likeness (QED) is 0.748. The van der Waals surface area contributed by atoms with Crippen molar-refractivity contribution in [2.45, 2.75) is 23.8 Å². The predicted octanol–water partition coefficient (Wildman–Crippen LogP) is 2.92. The number of benzene rings is 2. The van der Waals surface area contributed by atoms with E-state index in [9.17, 15) is 18.0 Å². The molecule has 0 unspecified atom stereocenters. The van der Waals surface area contributed by atoms with Gasteiger partial charge >= 0.3 is 5.97 Å². The number of rotatable bonds is 5. The molecule has 3 rings (SSSR count). The van der Waals surface area contributed by atoms with Crippen molar-refractivity contribution in [2.75, 3.05) is 19.0 Å². The van der Waals surface area contributed by atoms with Gasteiger partial charge in [-0.3, -0.25) is 4.79 Å². The molecule has 1 fully saturated rings. The largest absolute Gasteiger partial charge is 0.465 e. The van der Waals surface area contributed by atoms with E-state index in [1.807, 2.05) is 0 Å². The number of hydrogen-bond acceptors (Lipinski definition) is 5. The summed E-state index contributed by atoms with van der Waals surface area (Å²) in [6.07, 6.45) is 1.02. The third-order valence-electron chi connectivity index (χ3n) is 4.50. The lowest BCUT2D eigenvalue weighted by Gasteiger charge is -2.23. The van der Waals surface area contributed by atoms with Gasteiger partial charge in [0.2, 0.25) is 15.9 Å². The van der Waals surface area contributed by atoms with Gasteiger partial charge in [-0.15, -0.1) is 0 Å². The lowest BCUT2D eigenvalue weighted by Crippen LogP contribution is -2.43. The number of nitrogens with one attached hydrogen (secondary N) is 1. The molecule has 0 saturated carbocycles. The number of hydrogen-bond donors (Lipinski definition) is 1. The molecule has 28 heavy (non-hydrogen) atoms. The van der Waals surface area contributed by atoms with E-state index in [1.54, 1.807) is 12.1 Å². The van der Waals surface area contributed by atoms with Gasteiger partial charge in [0.25, 0.3) is 0 Å². The minimum atomic E-state index is -3.81. The van der Waals surface area contributed by atoms with Crippen LogP contribution in [0.1, 0.15) is 23.2 Å². The first kappa shape index (κ1) is 20.3. The lowest BCUT2D eigenvalue weighted by atomic mass is 10.2. The number of carbonyl (C=O) groups excluding carboxylic acids is 2. The second kappa shape index (κ2) is 8.30. The molecule has 9 heteroatoms. The van der Waals surface area contributed by atoms with Crippen molar-refractivity contribution in [1.82, 2.24) is 4.31 Å². The Morgan fingerprint density at radius 3 is 2.36 bits per heavy atom. The summed E-state index contributed by atoms with van der Waals surface area (Å²) in [6, 6.07) is 11.2. The molecule has 1 atom stereocenters. The fraction of sp³-hybridized carbons (Fsp3) is 0.263. The van der Waals surface area contributed by atoms with Crippen LogP contribution in [0.25, 0.3) is 0 Å². The minimum Gasteiger partial charge on any atom is -0.465 e. The lowest BCUT2D eigenvalue weighted by molar-refractivity contribution is -0.119. The molecule has 0 spiro atoms. The van der Waals surface area contributed by atoms with Crippen molar-refractivity contribution in [2.24, 2.45) is 0 Å². The fourth-order valence-electron chi connectivity index (χ4n) is 3.06. The molecule has 1 aliphatic heterocycles. The molecule has 1 saturated heterocycles. The van der Waals surface area contributed by atoms with E-state index in [2.05, 4.69) is 10.1 Å². The Bertz CT molecular complexity index is 974. The molecule has 0 aliphatic carbocycles. The van der Waals surface area contributed by atoms with Crippen molar-refractivity contribution in [1.29, 1.82) is 0 Å².